The van der Waals surface area contributed by atoms with Crippen molar-refractivity contribution in [3.05, 3.63) is 95.3 Å². The lowest BCUT2D eigenvalue weighted by molar-refractivity contribution is 0.0949. The van der Waals surface area contributed by atoms with Gasteiger partial charge in [0.2, 0.25) is 0 Å². The molecular weight excluding hydrogens is 362 g/mol. The van der Waals surface area contributed by atoms with Crippen molar-refractivity contribution in [2.75, 3.05) is 5.32 Å². The van der Waals surface area contributed by atoms with Crippen LogP contribution in [0.15, 0.2) is 73.1 Å². The smallest absolute Gasteiger partial charge is 0.255 e. The van der Waals surface area contributed by atoms with Gasteiger partial charge in [-0.3, -0.25) is 14.6 Å². The van der Waals surface area contributed by atoms with Crippen LogP contribution in [0.1, 0.15) is 52.6 Å². The molecule has 0 aliphatic carbocycles. The second-order valence-corrected chi connectivity index (χ2v) is 7.90. The van der Waals surface area contributed by atoms with Crippen LogP contribution in [0.25, 0.3) is 0 Å². The van der Waals surface area contributed by atoms with Crippen molar-refractivity contribution in [2.24, 2.45) is 0 Å². The van der Waals surface area contributed by atoms with Gasteiger partial charge in [0, 0.05) is 35.8 Å². The third kappa shape index (κ3) is 5.51. The first-order valence-corrected chi connectivity index (χ1v) is 9.52. The molecule has 3 aromatic rings. The van der Waals surface area contributed by atoms with E-state index >= 15 is 0 Å². The summed E-state index contributed by atoms with van der Waals surface area (Å²) in [6, 6.07) is 18.2. The van der Waals surface area contributed by atoms with Gasteiger partial charge in [0.25, 0.3) is 11.8 Å². The number of nitrogens with one attached hydrogen (secondary N) is 2. The van der Waals surface area contributed by atoms with E-state index in [1.165, 1.54) is 5.56 Å². The van der Waals surface area contributed by atoms with Gasteiger partial charge in [-0.25, -0.2) is 0 Å². The summed E-state index contributed by atoms with van der Waals surface area (Å²) >= 11 is 0. The van der Waals surface area contributed by atoms with E-state index in [9.17, 15) is 9.59 Å². The van der Waals surface area contributed by atoms with Gasteiger partial charge >= 0.3 is 0 Å². The van der Waals surface area contributed by atoms with Crippen LogP contribution in [0.4, 0.5) is 5.69 Å². The number of benzene rings is 2. The molecule has 148 valence electrons. The lowest BCUT2D eigenvalue weighted by Crippen LogP contribution is -2.23. The highest BCUT2D eigenvalue weighted by atomic mass is 16.2. The zero-order chi connectivity index (χ0) is 20.9. The summed E-state index contributed by atoms with van der Waals surface area (Å²) in [4.78, 5) is 28.7. The van der Waals surface area contributed by atoms with Crippen molar-refractivity contribution in [3.8, 4) is 0 Å². The Kier molecular flexibility index (Phi) is 6.07. The molecular formula is C24H25N3O2. The molecule has 3 rings (SSSR count). The third-order valence-electron chi connectivity index (χ3n) is 4.62. The number of carbonyl (C=O) groups is 2. The molecule has 0 saturated heterocycles. The maximum absolute atomic E-state index is 12.5. The van der Waals surface area contributed by atoms with E-state index in [-0.39, 0.29) is 17.2 Å². The predicted molar refractivity (Wildman–Crippen MR) is 115 cm³/mol. The van der Waals surface area contributed by atoms with Crippen molar-refractivity contribution >= 4 is 17.5 Å². The van der Waals surface area contributed by atoms with Gasteiger partial charge in [-0.2, -0.15) is 0 Å². The van der Waals surface area contributed by atoms with Crippen molar-refractivity contribution in [3.63, 3.8) is 0 Å². The summed E-state index contributed by atoms with van der Waals surface area (Å²) < 4.78 is 0. The maximum atomic E-state index is 12.5. The van der Waals surface area contributed by atoms with Crippen molar-refractivity contribution in [1.29, 1.82) is 0 Å². The van der Waals surface area contributed by atoms with E-state index in [1.54, 1.807) is 36.7 Å². The third-order valence-corrected chi connectivity index (χ3v) is 4.62. The number of pyridine rings is 1. The highest BCUT2D eigenvalue weighted by Crippen LogP contribution is 2.23. The lowest BCUT2D eigenvalue weighted by Gasteiger charge is -2.19. The Labute approximate surface area is 171 Å². The number of rotatable bonds is 5. The molecule has 5 heteroatoms. The molecule has 2 N–H and O–H groups in total. The topological polar surface area (TPSA) is 71.1 Å². The van der Waals surface area contributed by atoms with Crippen molar-refractivity contribution in [1.82, 2.24) is 10.3 Å². The maximum Gasteiger partial charge on any atom is 0.255 e. The normalized spacial score (nSPS) is 11.0. The first-order valence-electron chi connectivity index (χ1n) is 9.52. The summed E-state index contributed by atoms with van der Waals surface area (Å²) in [6.45, 7) is 6.87. The number of nitrogens with zero attached hydrogens (tertiary/aromatic N) is 1. The number of amides is 2. The summed E-state index contributed by atoms with van der Waals surface area (Å²) in [5, 5.41) is 5.74. The minimum Gasteiger partial charge on any atom is -0.348 e. The number of aromatic nitrogens is 1. The molecule has 0 aliphatic heterocycles. The number of hydrogen-bond donors (Lipinski definition) is 2. The van der Waals surface area contributed by atoms with E-state index in [2.05, 4.69) is 36.4 Å². The molecule has 2 aromatic carbocycles. The quantitative estimate of drug-likeness (QED) is 0.674. The van der Waals surface area contributed by atoms with Crippen LogP contribution in [0, 0.1) is 0 Å². The Bertz CT molecular complexity index is 973. The van der Waals surface area contributed by atoms with Gasteiger partial charge in [0.05, 0.1) is 0 Å². The molecule has 5 nitrogen and oxygen atoms in total. The minimum absolute atomic E-state index is 0.0658. The largest absolute Gasteiger partial charge is 0.348 e. The molecule has 2 amide bonds. The molecule has 0 bridgehead atoms. The second-order valence-electron chi connectivity index (χ2n) is 7.90. The van der Waals surface area contributed by atoms with Gasteiger partial charge < -0.3 is 10.6 Å². The van der Waals surface area contributed by atoms with Gasteiger partial charge in [0.1, 0.15) is 0 Å². The highest BCUT2D eigenvalue weighted by molar-refractivity contribution is 6.05. The predicted octanol–water partition coefficient (Wildman–Crippen LogP) is 4.56. The van der Waals surface area contributed by atoms with E-state index in [0.717, 1.165) is 11.3 Å². The standard InChI is InChI=1S/C24H25N3O2/c1-24(2,3)20-8-10-21(11-9-20)27-23(29)19-6-4-18(5-7-19)22(28)26-16-17-12-14-25-15-13-17/h4-15H,16H2,1-3H3,(H,26,28)(H,27,29). The molecule has 0 atom stereocenters. The van der Waals surface area contributed by atoms with Crippen LogP contribution in [0.2, 0.25) is 0 Å². The van der Waals surface area contributed by atoms with E-state index in [4.69, 9.17) is 0 Å². The molecule has 1 aromatic heterocycles. The minimum atomic E-state index is -0.211. The summed E-state index contributed by atoms with van der Waals surface area (Å²) in [6.07, 6.45) is 3.37. The fourth-order valence-electron chi connectivity index (χ4n) is 2.81. The Morgan fingerprint density at radius 3 is 1.90 bits per heavy atom. The van der Waals surface area contributed by atoms with E-state index in [1.807, 2.05) is 36.4 Å². The van der Waals surface area contributed by atoms with Crippen LogP contribution in [0.3, 0.4) is 0 Å². The average molecular weight is 387 g/mol. The SMILES string of the molecule is CC(C)(C)c1ccc(NC(=O)c2ccc(C(=O)NCc3ccncc3)cc2)cc1. The van der Waals surface area contributed by atoms with E-state index in [0.29, 0.717) is 17.7 Å². The Morgan fingerprint density at radius 1 is 0.793 bits per heavy atom. The van der Waals surface area contributed by atoms with Gasteiger partial charge in [-0.1, -0.05) is 32.9 Å². The van der Waals surface area contributed by atoms with Gasteiger partial charge in [-0.05, 0) is 65.1 Å². The Balaban J connectivity index is 1.59. The number of anilines is 1. The summed E-state index contributed by atoms with van der Waals surface area (Å²) in [5.74, 6) is -0.399. The monoisotopic (exact) mass is 387 g/mol. The van der Waals surface area contributed by atoms with Crippen LogP contribution < -0.4 is 10.6 Å². The van der Waals surface area contributed by atoms with E-state index < -0.39 is 0 Å². The zero-order valence-corrected chi connectivity index (χ0v) is 16.9. The van der Waals surface area contributed by atoms with Crippen molar-refractivity contribution < 1.29 is 9.59 Å². The fraction of sp³-hybridized carbons (Fsp3) is 0.208. The van der Waals surface area contributed by atoms with Crippen LogP contribution >= 0.6 is 0 Å². The lowest BCUT2D eigenvalue weighted by atomic mass is 9.87. The molecule has 0 radical (unpaired) electrons. The van der Waals surface area contributed by atoms with Gasteiger partial charge in [-0.15, -0.1) is 0 Å². The van der Waals surface area contributed by atoms with Crippen LogP contribution in [-0.2, 0) is 12.0 Å². The molecule has 29 heavy (non-hydrogen) atoms. The molecule has 0 spiro atoms. The molecule has 0 saturated carbocycles. The first-order chi connectivity index (χ1) is 13.8. The molecule has 1 heterocycles. The van der Waals surface area contributed by atoms with Crippen LogP contribution in [0.5, 0.6) is 0 Å². The fourth-order valence-corrected chi connectivity index (χ4v) is 2.81. The van der Waals surface area contributed by atoms with Gasteiger partial charge in [0.15, 0.2) is 0 Å². The highest BCUT2D eigenvalue weighted by Gasteiger charge is 2.14. The average Bonchev–Trinajstić information content (AvgIpc) is 2.72. The first kappa shape index (κ1) is 20.3. The zero-order valence-electron chi connectivity index (χ0n) is 16.9. The molecule has 0 aliphatic rings. The van der Waals surface area contributed by atoms with Crippen LogP contribution in [-0.4, -0.2) is 16.8 Å². The Morgan fingerprint density at radius 2 is 1.34 bits per heavy atom. The molecule has 0 unspecified atom stereocenters. The summed E-state index contributed by atoms with van der Waals surface area (Å²) in [5.41, 5.74) is 3.98. The number of hydrogen-bond acceptors (Lipinski definition) is 3. The Hall–Kier alpha value is -3.47. The second kappa shape index (κ2) is 8.69. The summed E-state index contributed by atoms with van der Waals surface area (Å²) in [7, 11) is 0. The van der Waals surface area contributed by atoms with Crippen molar-refractivity contribution in [2.45, 2.75) is 32.7 Å². The number of carbonyl (C=O) groups excluding carboxylic acids is 2. The molecule has 0 fully saturated rings.